The van der Waals surface area contributed by atoms with Crippen molar-refractivity contribution in [3.8, 4) is 34.1 Å². The minimum absolute atomic E-state index is 0.0362. The molecule has 0 aliphatic rings. The Morgan fingerprint density at radius 3 is 1.79 bits per heavy atom. The standard InChI is InChI=1S/C15H16ClNO4.C13H14ClNO3/c1-4-19-15(18)12-8-14(21-17-12)10-5-6-13(11(16)7-10)20-9(2)3;1-8(2)17-12-4-3-9(5-11(12)14)13-6-10(7-16)15-18-13/h5-9H,4H2,1-3H3;3-6,8,16H,7H2,1-2H3. The van der Waals surface area contributed by atoms with Crippen LogP contribution < -0.4 is 9.47 Å². The van der Waals surface area contributed by atoms with Gasteiger partial charge < -0.3 is 28.4 Å². The van der Waals surface area contributed by atoms with Crippen molar-refractivity contribution >= 4 is 29.2 Å². The lowest BCUT2D eigenvalue weighted by atomic mass is 10.1. The van der Waals surface area contributed by atoms with Crippen molar-refractivity contribution in [3.63, 3.8) is 0 Å². The van der Waals surface area contributed by atoms with Crippen molar-refractivity contribution in [1.29, 1.82) is 0 Å². The Bertz CT molecular complexity index is 1380. The molecule has 0 atom stereocenters. The van der Waals surface area contributed by atoms with Gasteiger partial charge in [-0.05, 0) is 71.0 Å². The molecule has 2 heterocycles. The van der Waals surface area contributed by atoms with Crippen LogP contribution >= 0.6 is 23.2 Å². The number of aliphatic hydroxyl groups is 1. The van der Waals surface area contributed by atoms with Gasteiger partial charge in [-0.25, -0.2) is 4.79 Å². The second-order valence-corrected chi connectivity index (χ2v) is 9.58. The number of carbonyl (C=O) groups excluding carboxylic acids is 1. The highest BCUT2D eigenvalue weighted by Gasteiger charge is 2.16. The first-order valence-electron chi connectivity index (χ1n) is 12.2. The van der Waals surface area contributed by atoms with Crippen LogP contribution in [0.4, 0.5) is 0 Å². The van der Waals surface area contributed by atoms with Gasteiger partial charge in [-0.15, -0.1) is 0 Å². The molecule has 0 spiro atoms. The summed E-state index contributed by atoms with van der Waals surface area (Å²) in [4.78, 5) is 11.5. The highest BCUT2D eigenvalue weighted by Crippen LogP contribution is 2.32. The van der Waals surface area contributed by atoms with Crippen LogP contribution in [0.25, 0.3) is 22.6 Å². The fraction of sp³-hybridized carbons (Fsp3) is 0.321. The number of hydrogen-bond acceptors (Lipinski definition) is 9. The van der Waals surface area contributed by atoms with Crippen LogP contribution in [0.2, 0.25) is 10.0 Å². The third-order valence-corrected chi connectivity index (χ3v) is 5.46. The number of hydrogen-bond donors (Lipinski definition) is 1. The lowest BCUT2D eigenvalue weighted by Crippen LogP contribution is -2.05. The minimum atomic E-state index is -0.515. The molecule has 1 N–H and O–H groups in total. The Hall–Kier alpha value is -3.53. The van der Waals surface area contributed by atoms with Gasteiger partial charge in [-0.1, -0.05) is 33.5 Å². The zero-order valence-electron chi connectivity index (χ0n) is 22.2. The predicted octanol–water partition coefficient (Wildman–Crippen LogP) is 7.23. The average Bonchev–Trinajstić information content (AvgIpc) is 3.57. The van der Waals surface area contributed by atoms with Crippen LogP contribution in [0.5, 0.6) is 11.5 Å². The third kappa shape index (κ3) is 8.48. The molecule has 0 radical (unpaired) electrons. The van der Waals surface area contributed by atoms with Gasteiger partial charge in [0.15, 0.2) is 17.2 Å². The number of halogens is 2. The molecule has 39 heavy (non-hydrogen) atoms. The van der Waals surface area contributed by atoms with Crippen LogP contribution in [-0.4, -0.2) is 40.2 Å². The number of rotatable bonds is 9. The summed E-state index contributed by atoms with van der Waals surface area (Å²) in [6.45, 7) is 9.59. The van der Waals surface area contributed by atoms with Crippen molar-refractivity contribution in [1.82, 2.24) is 10.3 Å². The molecule has 208 valence electrons. The number of nitrogens with zero attached hydrogens (tertiary/aromatic N) is 2. The molecule has 0 saturated heterocycles. The van der Waals surface area contributed by atoms with E-state index in [1.54, 1.807) is 43.3 Å². The molecule has 0 amide bonds. The molecule has 2 aromatic heterocycles. The van der Waals surface area contributed by atoms with Crippen molar-refractivity contribution in [2.75, 3.05) is 6.61 Å². The maximum Gasteiger partial charge on any atom is 0.360 e. The van der Waals surface area contributed by atoms with E-state index >= 15 is 0 Å². The first-order chi connectivity index (χ1) is 18.6. The second kappa shape index (κ2) is 14.0. The quantitative estimate of drug-likeness (QED) is 0.206. The largest absolute Gasteiger partial charge is 0.489 e. The smallest absolute Gasteiger partial charge is 0.360 e. The predicted molar refractivity (Wildman–Crippen MR) is 147 cm³/mol. The Labute approximate surface area is 236 Å². The number of aromatic nitrogens is 2. The van der Waals surface area contributed by atoms with Gasteiger partial charge >= 0.3 is 5.97 Å². The van der Waals surface area contributed by atoms with Crippen molar-refractivity contribution in [3.05, 3.63) is 70.0 Å². The van der Waals surface area contributed by atoms with Gasteiger partial charge in [-0.3, -0.25) is 0 Å². The van der Waals surface area contributed by atoms with E-state index in [4.69, 9.17) is 51.6 Å². The molecule has 4 rings (SSSR count). The second-order valence-electron chi connectivity index (χ2n) is 8.76. The van der Waals surface area contributed by atoms with Crippen LogP contribution in [0.3, 0.4) is 0 Å². The highest BCUT2D eigenvalue weighted by molar-refractivity contribution is 6.32. The summed E-state index contributed by atoms with van der Waals surface area (Å²) in [5.41, 5.74) is 2.12. The van der Waals surface area contributed by atoms with Crippen LogP contribution in [0.15, 0.2) is 57.6 Å². The molecule has 4 aromatic rings. The normalized spacial score (nSPS) is 10.8. The van der Waals surface area contributed by atoms with Gasteiger partial charge in [0.2, 0.25) is 0 Å². The Balaban J connectivity index is 0.000000218. The van der Waals surface area contributed by atoms with E-state index in [0.717, 1.165) is 5.56 Å². The fourth-order valence-electron chi connectivity index (χ4n) is 3.24. The van der Waals surface area contributed by atoms with E-state index in [1.807, 2.05) is 33.8 Å². The van der Waals surface area contributed by atoms with Crippen molar-refractivity contribution < 1.29 is 33.2 Å². The average molecular weight is 577 g/mol. The summed E-state index contributed by atoms with van der Waals surface area (Å²) in [5, 5.41) is 17.3. The molecule has 0 bridgehead atoms. The zero-order chi connectivity index (χ0) is 28.5. The molecule has 0 fully saturated rings. The molecule has 11 heteroatoms. The van der Waals surface area contributed by atoms with Crippen LogP contribution in [0, 0.1) is 0 Å². The molecule has 0 aliphatic carbocycles. The molecule has 2 aromatic carbocycles. The summed E-state index contributed by atoms with van der Waals surface area (Å²) >= 11 is 12.3. The number of ether oxygens (including phenoxy) is 3. The molecule has 0 saturated carbocycles. The maximum atomic E-state index is 11.5. The van der Waals surface area contributed by atoms with E-state index in [9.17, 15) is 4.79 Å². The summed E-state index contributed by atoms with van der Waals surface area (Å²) in [7, 11) is 0. The number of carbonyl (C=O) groups is 1. The minimum Gasteiger partial charge on any atom is -0.489 e. The van der Waals surface area contributed by atoms with Crippen LogP contribution in [0.1, 0.15) is 50.8 Å². The van der Waals surface area contributed by atoms with Gasteiger partial charge in [-0.2, -0.15) is 0 Å². The first-order valence-corrected chi connectivity index (χ1v) is 13.0. The molecule has 9 nitrogen and oxygen atoms in total. The molecular weight excluding hydrogens is 547 g/mol. The number of esters is 1. The summed E-state index contributed by atoms with van der Waals surface area (Å²) < 4.78 is 26.2. The zero-order valence-corrected chi connectivity index (χ0v) is 23.7. The summed E-state index contributed by atoms with van der Waals surface area (Å²) in [5.74, 6) is 1.73. The fourth-order valence-corrected chi connectivity index (χ4v) is 3.69. The van der Waals surface area contributed by atoms with E-state index in [2.05, 4.69) is 10.3 Å². The van der Waals surface area contributed by atoms with Crippen molar-refractivity contribution in [2.24, 2.45) is 0 Å². The number of benzene rings is 2. The summed E-state index contributed by atoms with van der Waals surface area (Å²) in [6, 6.07) is 13.8. The van der Waals surface area contributed by atoms with Gasteiger partial charge in [0, 0.05) is 23.3 Å². The lowest BCUT2D eigenvalue weighted by Gasteiger charge is -2.11. The lowest BCUT2D eigenvalue weighted by molar-refractivity contribution is 0.0514. The maximum absolute atomic E-state index is 11.5. The van der Waals surface area contributed by atoms with Gasteiger partial charge in [0.1, 0.15) is 17.2 Å². The van der Waals surface area contributed by atoms with Gasteiger partial charge in [0.25, 0.3) is 0 Å². The third-order valence-electron chi connectivity index (χ3n) is 4.87. The van der Waals surface area contributed by atoms with Crippen LogP contribution in [-0.2, 0) is 11.3 Å². The molecular formula is C28H30Cl2N2O7. The highest BCUT2D eigenvalue weighted by atomic mass is 35.5. The SMILES string of the molecule is CC(C)Oc1ccc(-c2cc(CO)no2)cc1Cl.CCOC(=O)c1cc(-c2ccc(OC(C)C)c(Cl)c2)on1. The number of aliphatic hydroxyl groups excluding tert-OH is 1. The molecule has 0 unspecified atom stereocenters. The molecule has 0 aliphatic heterocycles. The Kier molecular flexibility index (Phi) is 10.8. The summed E-state index contributed by atoms with van der Waals surface area (Å²) in [6.07, 6.45) is 0.105. The van der Waals surface area contributed by atoms with E-state index in [1.165, 1.54) is 6.07 Å². The van der Waals surface area contributed by atoms with E-state index in [-0.39, 0.29) is 31.1 Å². The Morgan fingerprint density at radius 1 is 0.846 bits per heavy atom. The van der Waals surface area contributed by atoms with Gasteiger partial charge in [0.05, 0.1) is 35.5 Å². The van der Waals surface area contributed by atoms with Crippen molar-refractivity contribution in [2.45, 2.75) is 53.4 Å². The first kappa shape index (κ1) is 30.0. The van der Waals surface area contributed by atoms with E-state index in [0.29, 0.717) is 44.3 Å². The van der Waals surface area contributed by atoms with E-state index < -0.39 is 5.97 Å². The topological polar surface area (TPSA) is 117 Å². The Morgan fingerprint density at radius 2 is 1.36 bits per heavy atom. The monoisotopic (exact) mass is 576 g/mol.